The molecule has 0 atom stereocenters. The summed E-state index contributed by atoms with van der Waals surface area (Å²) >= 11 is 7.71. The Balaban J connectivity index is 2.57. The summed E-state index contributed by atoms with van der Waals surface area (Å²) in [5.41, 5.74) is 1.17. The molecule has 0 saturated carbocycles. The van der Waals surface area contributed by atoms with E-state index in [9.17, 15) is 4.79 Å². The smallest absolute Gasteiger partial charge is 0.306 e. The van der Waals surface area contributed by atoms with E-state index in [1.807, 2.05) is 18.2 Å². The largest absolute Gasteiger partial charge is 0.469 e. The molecule has 112 valence electrons. The summed E-state index contributed by atoms with van der Waals surface area (Å²) in [7, 11) is 1.41. The molecule has 0 spiro atoms. The van der Waals surface area contributed by atoms with Crippen molar-refractivity contribution in [2.45, 2.75) is 31.7 Å². The summed E-state index contributed by atoms with van der Waals surface area (Å²) in [5, 5.41) is 4.16. The van der Waals surface area contributed by atoms with Crippen LogP contribution < -0.4 is 5.32 Å². The topological polar surface area (TPSA) is 38.3 Å². The molecule has 20 heavy (non-hydrogen) atoms. The molecule has 0 aliphatic heterocycles. The molecule has 0 aliphatic carbocycles. The van der Waals surface area contributed by atoms with Crippen LogP contribution in [0.2, 0.25) is 5.02 Å². The third-order valence-corrected chi connectivity index (χ3v) is 4.03. The van der Waals surface area contributed by atoms with E-state index in [0.29, 0.717) is 18.1 Å². The number of thioether (sulfide) groups is 1. The van der Waals surface area contributed by atoms with Crippen molar-refractivity contribution in [2.24, 2.45) is 5.92 Å². The second-order valence-corrected chi connectivity index (χ2v) is 6.52. The molecule has 0 aromatic heterocycles. The van der Waals surface area contributed by atoms with Crippen molar-refractivity contribution < 1.29 is 9.53 Å². The number of nitrogens with one attached hydrogen (secondary N) is 1. The van der Waals surface area contributed by atoms with Crippen molar-refractivity contribution >= 4 is 29.3 Å². The van der Waals surface area contributed by atoms with Crippen LogP contribution in [0.25, 0.3) is 0 Å². The van der Waals surface area contributed by atoms with Crippen LogP contribution in [0.4, 0.5) is 0 Å². The maximum Gasteiger partial charge on any atom is 0.306 e. The van der Waals surface area contributed by atoms with Crippen LogP contribution in [0, 0.1) is 5.92 Å². The molecular formula is C15H22ClNO2S. The number of benzene rings is 1. The number of carbonyl (C=O) groups is 1. The van der Waals surface area contributed by atoms with E-state index >= 15 is 0 Å². The number of ether oxygens (including phenoxy) is 1. The van der Waals surface area contributed by atoms with Gasteiger partial charge in [0, 0.05) is 22.2 Å². The summed E-state index contributed by atoms with van der Waals surface area (Å²) in [5.74, 6) is 1.15. The molecule has 1 rings (SSSR count). The Morgan fingerprint density at radius 1 is 1.45 bits per heavy atom. The van der Waals surface area contributed by atoms with Gasteiger partial charge in [-0.1, -0.05) is 25.4 Å². The Kier molecular flexibility index (Phi) is 8.04. The fraction of sp³-hybridized carbons (Fsp3) is 0.533. The lowest BCUT2D eigenvalue weighted by atomic mass is 10.2. The van der Waals surface area contributed by atoms with Crippen molar-refractivity contribution in [2.75, 3.05) is 19.4 Å². The second kappa shape index (κ2) is 9.27. The van der Waals surface area contributed by atoms with Crippen LogP contribution in [0.5, 0.6) is 0 Å². The minimum atomic E-state index is -0.175. The molecule has 0 radical (unpaired) electrons. The van der Waals surface area contributed by atoms with Crippen LogP contribution in [-0.2, 0) is 16.1 Å². The van der Waals surface area contributed by atoms with Crippen LogP contribution in [0.15, 0.2) is 23.1 Å². The standard InChI is InChI=1S/C15H22ClNO2S/c1-11(2)9-17-10-12-8-13(16)4-5-14(12)20-7-6-15(18)19-3/h4-5,8,11,17H,6-7,9-10H2,1-3H3. The van der Waals surface area contributed by atoms with E-state index in [0.717, 1.165) is 23.0 Å². The van der Waals surface area contributed by atoms with Crippen molar-refractivity contribution in [1.29, 1.82) is 0 Å². The lowest BCUT2D eigenvalue weighted by Gasteiger charge is -2.12. The van der Waals surface area contributed by atoms with E-state index in [-0.39, 0.29) is 5.97 Å². The number of hydrogen-bond donors (Lipinski definition) is 1. The fourth-order valence-corrected chi connectivity index (χ4v) is 2.83. The highest BCUT2D eigenvalue weighted by Gasteiger charge is 2.07. The second-order valence-electron chi connectivity index (χ2n) is 4.95. The molecule has 0 bridgehead atoms. The normalized spacial score (nSPS) is 10.8. The number of rotatable bonds is 8. The number of esters is 1. The van der Waals surface area contributed by atoms with Crippen molar-refractivity contribution in [3.63, 3.8) is 0 Å². The Hall–Kier alpha value is -0.710. The first-order chi connectivity index (χ1) is 9.52. The van der Waals surface area contributed by atoms with Gasteiger partial charge in [0.25, 0.3) is 0 Å². The lowest BCUT2D eigenvalue weighted by molar-refractivity contribution is -0.140. The Morgan fingerprint density at radius 2 is 2.20 bits per heavy atom. The van der Waals surface area contributed by atoms with Crippen LogP contribution in [0.1, 0.15) is 25.8 Å². The molecular weight excluding hydrogens is 294 g/mol. The third kappa shape index (κ3) is 6.64. The zero-order valence-electron chi connectivity index (χ0n) is 12.2. The highest BCUT2D eigenvalue weighted by atomic mass is 35.5. The van der Waals surface area contributed by atoms with E-state index in [4.69, 9.17) is 11.6 Å². The maximum absolute atomic E-state index is 11.1. The van der Waals surface area contributed by atoms with Gasteiger partial charge in [0.1, 0.15) is 0 Å². The SMILES string of the molecule is COC(=O)CCSc1ccc(Cl)cc1CNCC(C)C. The summed E-state index contributed by atoms with van der Waals surface area (Å²) in [6.07, 6.45) is 0.419. The molecule has 5 heteroatoms. The van der Waals surface area contributed by atoms with Gasteiger partial charge >= 0.3 is 5.97 Å². The summed E-state index contributed by atoms with van der Waals surface area (Å²) < 4.78 is 4.64. The van der Waals surface area contributed by atoms with Gasteiger partial charge in [-0.05, 0) is 36.2 Å². The highest BCUT2D eigenvalue weighted by Crippen LogP contribution is 2.26. The van der Waals surface area contributed by atoms with Gasteiger partial charge in [0.15, 0.2) is 0 Å². The van der Waals surface area contributed by atoms with Crippen molar-refractivity contribution in [3.05, 3.63) is 28.8 Å². The average Bonchev–Trinajstić information content (AvgIpc) is 2.40. The van der Waals surface area contributed by atoms with Crippen molar-refractivity contribution in [1.82, 2.24) is 5.32 Å². The van der Waals surface area contributed by atoms with Gasteiger partial charge in [0.2, 0.25) is 0 Å². The first-order valence-corrected chi connectivity index (χ1v) is 8.08. The minimum absolute atomic E-state index is 0.175. The molecule has 1 aromatic carbocycles. The van der Waals surface area contributed by atoms with Gasteiger partial charge < -0.3 is 10.1 Å². The summed E-state index contributed by atoms with van der Waals surface area (Å²) in [6, 6.07) is 5.88. The van der Waals surface area contributed by atoms with E-state index in [1.165, 1.54) is 12.7 Å². The van der Waals surface area contributed by atoms with E-state index in [2.05, 4.69) is 23.9 Å². The van der Waals surface area contributed by atoms with Gasteiger partial charge in [-0.3, -0.25) is 4.79 Å². The van der Waals surface area contributed by atoms with Crippen molar-refractivity contribution in [3.8, 4) is 0 Å². The van der Waals surface area contributed by atoms with Crippen LogP contribution in [0.3, 0.4) is 0 Å². The Morgan fingerprint density at radius 3 is 2.85 bits per heavy atom. The number of hydrogen-bond acceptors (Lipinski definition) is 4. The first-order valence-electron chi connectivity index (χ1n) is 6.71. The maximum atomic E-state index is 11.1. The Bertz CT molecular complexity index is 438. The lowest BCUT2D eigenvalue weighted by Crippen LogP contribution is -2.19. The predicted octanol–water partition coefficient (Wildman–Crippen LogP) is 3.74. The number of methoxy groups -OCH3 is 1. The quantitative estimate of drug-likeness (QED) is 0.586. The minimum Gasteiger partial charge on any atom is -0.469 e. The van der Waals surface area contributed by atoms with Crippen LogP contribution >= 0.6 is 23.4 Å². The molecule has 1 aromatic rings. The van der Waals surface area contributed by atoms with Gasteiger partial charge in [-0.2, -0.15) is 0 Å². The summed E-state index contributed by atoms with van der Waals surface area (Å²) in [4.78, 5) is 12.3. The van der Waals surface area contributed by atoms with E-state index in [1.54, 1.807) is 11.8 Å². The van der Waals surface area contributed by atoms with Gasteiger partial charge in [-0.15, -0.1) is 11.8 Å². The highest BCUT2D eigenvalue weighted by molar-refractivity contribution is 7.99. The summed E-state index contributed by atoms with van der Waals surface area (Å²) in [6.45, 7) is 6.12. The number of carbonyl (C=O) groups excluding carboxylic acids is 1. The molecule has 0 amide bonds. The third-order valence-electron chi connectivity index (χ3n) is 2.68. The average molecular weight is 316 g/mol. The van der Waals surface area contributed by atoms with Gasteiger partial charge in [0.05, 0.1) is 13.5 Å². The van der Waals surface area contributed by atoms with E-state index < -0.39 is 0 Å². The molecule has 0 unspecified atom stereocenters. The first kappa shape index (κ1) is 17.3. The zero-order valence-corrected chi connectivity index (χ0v) is 13.8. The molecule has 0 fully saturated rings. The number of halogens is 1. The molecule has 0 saturated heterocycles. The molecule has 0 aliphatic rings. The molecule has 3 nitrogen and oxygen atoms in total. The van der Waals surface area contributed by atoms with Crippen LogP contribution in [-0.4, -0.2) is 25.4 Å². The predicted molar refractivity (Wildman–Crippen MR) is 85.4 cm³/mol. The zero-order chi connectivity index (χ0) is 15.0. The fourth-order valence-electron chi connectivity index (χ4n) is 1.67. The monoisotopic (exact) mass is 315 g/mol. The van der Waals surface area contributed by atoms with Gasteiger partial charge in [-0.25, -0.2) is 0 Å². The molecule has 1 N–H and O–H groups in total. The molecule has 0 heterocycles. The Labute approximate surface area is 130 Å².